The van der Waals surface area contributed by atoms with E-state index in [2.05, 4.69) is 6.58 Å². The molecular formula is C24H26N2O4S2. The number of aryl methyl sites for hydroxylation is 3. The number of carbonyl (C=O) groups excluding carboxylic acids is 1. The van der Waals surface area contributed by atoms with Crippen LogP contribution in [0.1, 0.15) is 39.2 Å². The van der Waals surface area contributed by atoms with Crippen molar-refractivity contribution in [1.29, 1.82) is 0 Å². The second-order valence-electron chi connectivity index (χ2n) is 7.72. The number of ether oxygens (including phenoxy) is 2. The second-order valence-corrected chi connectivity index (χ2v) is 9.75. The van der Waals surface area contributed by atoms with Crippen LogP contribution in [0.15, 0.2) is 34.7 Å². The number of carbonyl (C=O) groups is 1. The lowest BCUT2D eigenvalue weighted by molar-refractivity contribution is 0.102. The lowest BCUT2D eigenvalue weighted by Gasteiger charge is -2.13. The Balaban J connectivity index is 1.67. The Morgan fingerprint density at radius 3 is 2.69 bits per heavy atom. The van der Waals surface area contributed by atoms with Crippen molar-refractivity contribution in [2.24, 2.45) is 0 Å². The van der Waals surface area contributed by atoms with Crippen LogP contribution in [-0.2, 0) is 19.4 Å². The number of aromatic nitrogens is 2. The standard InChI is InChI=1S/C24H26N2O4S2/c1-5-10-26-23(28)21-15-8-6-7-9-20(15)32-22(21)25-24(26)31-13-17(27)16-12-19(30-4)18(29-3)11-14(16)2/h5,11-12H,1,6-10,13H2,2-4H3. The molecule has 0 spiro atoms. The summed E-state index contributed by atoms with van der Waals surface area (Å²) in [5.74, 6) is 1.20. The number of benzene rings is 1. The van der Waals surface area contributed by atoms with Crippen molar-refractivity contribution in [3.05, 3.63) is 56.7 Å². The predicted molar refractivity (Wildman–Crippen MR) is 130 cm³/mol. The molecule has 0 N–H and O–H groups in total. The Morgan fingerprint density at radius 2 is 1.97 bits per heavy atom. The molecule has 2 aromatic heterocycles. The summed E-state index contributed by atoms with van der Waals surface area (Å²) < 4.78 is 12.3. The Morgan fingerprint density at radius 1 is 1.25 bits per heavy atom. The molecule has 4 rings (SSSR count). The molecule has 1 aliphatic rings. The molecule has 0 saturated heterocycles. The summed E-state index contributed by atoms with van der Waals surface area (Å²) in [5.41, 5.74) is 2.51. The van der Waals surface area contributed by atoms with Gasteiger partial charge < -0.3 is 9.47 Å². The highest BCUT2D eigenvalue weighted by atomic mass is 32.2. The van der Waals surface area contributed by atoms with Gasteiger partial charge in [0.2, 0.25) is 0 Å². The third-order valence-corrected chi connectivity index (χ3v) is 7.88. The lowest BCUT2D eigenvalue weighted by atomic mass is 9.97. The van der Waals surface area contributed by atoms with Gasteiger partial charge in [0.15, 0.2) is 22.4 Å². The van der Waals surface area contributed by atoms with Gasteiger partial charge in [-0.1, -0.05) is 17.8 Å². The van der Waals surface area contributed by atoms with Crippen molar-refractivity contribution in [2.75, 3.05) is 20.0 Å². The van der Waals surface area contributed by atoms with Gasteiger partial charge in [-0.2, -0.15) is 0 Å². The molecule has 1 aliphatic carbocycles. The zero-order valence-electron chi connectivity index (χ0n) is 18.5. The van der Waals surface area contributed by atoms with Gasteiger partial charge in [-0.05, 0) is 55.9 Å². The van der Waals surface area contributed by atoms with Crippen molar-refractivity contribution >= 4 is 39.1 Å². The van der Waals surface area contributed by atoms with E-state index in [-0.39, 0.29) is 17.1 Å². The van der Waals surface area contributed by atoms with Crippen LogP contribution >= 0.6 is 23.1 Å². The molecule has 0 amide bonds. The maximum Gasteiger partial charge on any atom is 0.263 e. The molecule has 0 fully saturated rings. The number of fused-ring (bicyclic) bond motifs is 3. The Bertz CT molecular complexity index is 1260. The quantitative estimate of drug-likeness (QED) is 0.203. The van der Waals surface area contributed by atoms with Gasteiger partial charge >= 0.3 is 0 Å². The van der Waals surface area contributed by atoms with Crippen LogP contribution in [0.2, 0.25) is 0 Å². The molecule has 0 radical (unpaired) electrons. The molecule has 6 nitrogen and oxygen atoms in total. The number of allylic oxidation sites excluding steroid dienone is 1. The lowest BCUT2D eigenvalue weighted by Crippen LogP contribution is -2.23. The molecule has 168 valence electrons. The van der Waals surface area contributed by atoms with Crippen molar-refractivity contribution in [1.82, 2.24) is 9.55 Å². The van der Waals surface area contributed by atoms with Crippen molar-refractivity contribution in [3.8, 4) is 11.5 Å². The van der Waals surface area contributed by atoms with E-state index < -0.39 is 0 Å². The number of hydrogen-bond donors (Lipinski definition) is 0. The fourth-order valence-corrected chi connectivity index (χ4v) is 6.30. The smallest absolute Gasteiger partial charge is 0.263 e. The van der Waals surface area contributed by atoms with Gasteiger partial charge in [0.05, 0.1) is 25.4 Å². The van der Waals surface area contributed by atoms with Gasteiger partial charge in [0, 0.05) is 17.0 Å². The van der Waals surface area contributed by atoms with Gasteiger partial charge in [0.1, 0.15) is 4.83 Å². The summed E-state index contributed by atoms with van der Waals surface area (Å²) >= 11 is 2.90. The number of rotatable bonds is 8. The zero-order chi connectivity index (χ0) is 22.8. The highest BCUT2D eigenvalue weighted by molar-refractivity contribution is 7.99. The minimum absolute atomic E-state index is 0.0356. The summed E-state index contributed by atoms with van der Waals surface area (Å²) in [6, 6.07) is 3.50. The molecule has 0 bridgehead atoms. The fourth-order valence-electron chi connectivity index (χ4n) is 4.11. The van der Waals surface area contributed by atoms with Crippen LogP contribution in [0.5, 0.6) is 11.5 Å². The molecular weight excluding hydrogens is 444 g/mol. The van der Waals surface area contributed by atoms with Crippen molar-refractivity contribution in [2.45, 2.75) is 44.3 Å². The summed E-state index contributed by atoms with van der Waals surface area (Å²) in [4.78, 5) is 33.2. The SMILES string of the molecule is C=CCn1c(SCC(=O)c2cc(OC)c(OC)cc2C)nc2sc3c(c2c1=O)CCCC3. The van der Waals surface area contributed by atoms with Crippen LogP contribution in [0.25, 0.3) is 10.2 Å². The van der Waals surface area contributed by atoms with E-state index >= 15 is 0 Å². The van der Waals surface area contributed by atoms with Gasteiger partial charge in [-0.3, -0.25) is 14.2 Å². The average Bonchev–Trinajstić information content (AvgIpc) is 3.17. The van der Waals surface area contributed by atoms with E-state index in [0.29, 0.717) is 28.8 Å². The molecule has 3 aromatic rings. The third kappa shape index (κ3) is 4.09. The first kappa shape index (κ1) is 22.6. The molecule has 0 atom stereocenters. The maximum atomic E-state index is 13.3. The summed E-state index contributed by atoms with van der Waals surface area (Å²) in [5, 5.41) is 1.30. The van der Waals surface area contributed by atoms with Crippen LogP contribution in [0.4, 0.5) is 0 Å². The minimum atomic E-state index is -0.0570. The number of Topliss-reactive ketones (excluding diaryl/α,β-unsaturated/α-hetero) is 1. The van der Waals surface area contributed by atoms with Gasteiger partial charge in [-0.25, -0.2) is 4.98 Å². The maximum absolute atomic E-state index is 13.3. The highest BCUT2D eigenvalue weighted by Gasteiger charge is 2.23. The topological polar surface area (TPSA) is 70.4 Å². The second kappa shape index (κ2) is 9.50. The van der Waals surface area contributed by atoms with Crippen LogP contribution < -0.4 is 15.0 Å². The first-order valence-electron chi connectivity index (χ1n) is 10.5. The Labute approximate surface area is 195 Å². The zero-order valence-corrected chi connectivity index (χ0v) is 20.2. The minimum Gasteiger partial charge on any atom is -0.493 e. The van der Waals surface area contributed by atoms with E-state index in [1.807, 2.05) is 6.92 Å². The largest absolute Gasteiger partial charge is 0.493 e. The summed E-state index contributed by atoms with van der Waals surface area (Å²) in [6.45, 7) is 6.02. The van der Waals surface area contributed by atoms with E-state index in [0.717, 1.165) is 41.5 Å². The summed E-state index contributed by atoms with van der Waals surface area (Å²) in [7, 11) is 3.11. The fraction of sp³-hybridized carbons (Fsp3) is 0.375. The van der Waals surface area contributed by atoms with E-state index in [9.17, 15) is 9.59 Å². The molecule has 8 heteroatoms. The highest BCUT2D eigenvalue weighted by Crippen LogP contribution is 2.35. The van der Waals surface area contributed by atoms with Crippen LogP contribution in [0, 0.1) is 6.92 Å². The van der Waals surface area contributed by atoms with Crippen LogP contribution in [0.3, 0.4) is 0 Å². The number of ketones is 1. The van der Waals surface area contributed by atoms with Crippen molar-refractivity contribution in [3.63, 3.8) is 0 Å². The van der Waals surface area contributed by atoms with E-state index in [4.69, 9.17) is 14.5 Å². The van der Waals surface area contributed by atoms with Crippen LogP contribution in [-0.4, -0.2) is 35.3 Å². The molecule has 32 heavy (non-hydrogen) atoms. The first-order chi connectivity index (χ1) is 15.5. The van der Waals surface area contributed by atoms with E-state index in [1.165, 1.54) is 22.2 Å². The van der Waals surface area contributed by atoms with Gasteiger partial charge in [-0.15, -0.1) is 17.9 Å². The van der Waals surface area contributed by atoms with Gasteiger partial charge in [0.25, 0.3) is 5.56 Å². The average molecular weight is 471 g/mol. The molecule has 1 aromatic carbocycles. The third-order valence-electron chi connectivity index (χ3n) is 5.71. The monoisotopic (exact) mass is 470 g/mol. The molecule has 2 heterocycles. The normalized spacial score (nSPS) is 13.1. The Hall–Kier alpha value is -2.58. The molecule has 0 unspecified atom stereocenters. The number of thiophene rings is 1. The first-order valence-corrected chi connectivity index (χ1v) is 12.3. The van der Waals surface area contributed by atoms with Crippen molar-refractivity contribution < 1.29 is 14.3 Å². The number of hydrogen-bond acceptors (Lipinski definition) is 7. The Kier molecular flexibility index (Phi) is 6.71. The molecule has 0 aliphatic heterocycles. The number of nitrogens with zero attached hydrogens (tertiary/aromatic N) is 2. The molecule has 0 saturated carbocycles. The summed E-state index contributed by atoms with van der Waals surface area (Å²) in [6.07, 6.45) is 5.90. The number of thioether (sulfide) groups is 1. The number of methoxy groups -OCH3 is 2. The van der Waals surface area contributed by atoms with E-state index in [1.54, 1.807) is 48.3 Å². The predicted octanol–water partition coefficient (Wildman–Crippen LogP) is 4.82.